The molecule has 6 heteroatoms. The van der Waals surface area contributed by atoms with Crippen LogP contribution in [0.3, 0.4) is 0 Å². The summed E-state index contributed by atoms with van der Waals surface area (Å²) in [4.78, 5) is 23.7. The van der Waals surface area contributed by atoms with E-state index < -0.39 is 12.1 Å². The predicted octanol–water partition coefficient (Wildman–Crippen LogP) is 1.35. The Hall–Kier alpha value is -1.14. The molecular weight excluding hydrogens is 284 g/mol. The van der Waals surface area contributed by atoms with Crippen LogP contribution in [-0.2, 0) is 19.1 Å². The molecule has 1 aliphatic rings. The van der Waals surface area contributed by atoms with Crippen LogP contribution in [0.2, 0.25) is 0 Å². The molecule has 0 heterocycles. The van der Waals surface area contributed by atoms with Gasteiger partial charge >= 0.3 is 11.9 Å². The van der Waals surface area contributed by atoms with E-state index in [2.05, 4.69) is 0 Å². The van der Waals surface area contributed by atoms with Crippen molar-refractivity contribution in [1.82, 2.24) is 0 Å². The van der Waals surface area contributed by atoms with E-state index >= 15 is 0 Å². The number of hydrogen-bond acceptors (Lipinski definition) is 6. The summed E-state index contributed by atoms with van der Waals surface area (Å²) in [6, 6.07) is -1.17. The zero-order valence-electron chi connectivity index (χ0n) is 14.1. The molecule has 2 unspecified atom stereocenters. The number of esters is 2. The van der Waals surface area contributed by atoms with E-state index in [1.54, 1.807) is 0 Å². The second kappa shape index (κ2) is 8.48. The minimum absolute atomic E-state index is 0.0577. The zero-order chi connectivity index (χ0) is 16.9. The highest BCUT2D eigenvalue weighted by Crippen LogP contribution is 2.24. The van der Waals surface area contributed by atoms with E-state index in [1.165, 1.54) is 0 Å². The molecule has 0 aromatic carbocycles. The maximum Gasteiger partial charge on any atom is 0.323 e. The van der Waals surface area contributed by atoms with Gasteiger partial charge in [0.15, 0.2) is 0 Å². The SMILES string of the molecule is CC(C)C(N)C(=O)OC1CCC(OC(=O)C(N)C(C)C)CC1. The zero-order valence-corrected chi connectivity index (χ0v) is 14.1. The molecule has 0 bridgehead atoms. The molecule has 0 amide bonds. The number of ether oxygens (including phenoxy) is 2. The summed E-state index contributed by atoms with van der Waals surface area (Å²) in [5.41, 5.74) is 11.5. The summed E-state index contributed by atoms with van der Waals surface area (Å²) in [5.74, 6) is -0.584. The first kappa shape index (κ1) is 18.9. The fourth-order valence-corrected chi connectivity index (χ4v) is 2.30. The Balaban J connectivity index is 2.35. The van der Waals surface area contributed by atoms with Crippen molar-refractivity contribution in [2.45, 2.75) is 77.7 Å². The van der Waals surface area contributed by atoms with E-state index in [9.17, 15) is 9.59 Å². The molecule has 128 valence electrons. The Morgan fingerprint density at radius 3 is 1.27 bits per heavy atom. The first-order valence-electron chi connectivity index (χ1n) is 8.14. The molecule has 6 nitrogen and oxygen atoms in total. The third kappa shape index (κ3) is 5.57. The molecule has 0 saturated heterocycles. The Morgan fingerprint density at radius 1 is 0.773 bits per heavy atom. The first-order chi connectivity index (χ1) is 10.2. The van der Waals surface area contributed by atoms with E-state index in [-0.39, 0.29) is 36.0 Å². The molecule has 2 atom stereocenters. The van der Waals surface area contributed by atoms with Crippen molar-refractivity contribution in [2.24, 2.45) is 23.3 Å². The molecule has 1 saturated carbocycles. The molecule has 22 heavy (non-hydrogen) atoms. The monoisotopic (exact) mass is 314 g/mol. The highest BCUT2D eigenvalue weighted by Gasteiger charge is 2.30. The van der Waals surface area contributed by atoms with Crippen molar-refractivity contribution in [3.63, 3.8) is 0 Å². The van der Waals surface area contributed by atoms with Crippen molar-refractivity contribution in [2.75, 3.05) is 0 Å². The minimum Gasteiger partial charge on any atom is -0.461 e. The van der Waals surface area contributed by atoms with Gasteiger partial charge in [0.1, 0.15) is 24.3 Å². The number of hydrogen-bond donors (Lipinski definition) is 2. The lowest BCUT2D eigenvalue weighted by Crippen LogP contribution is -2.42. The summed E-state index contributed by atoms with van der Waals surface area (Å²) in [6.07, 6.45) is 2.48. The molecule has 0 aromatic rings. The van der Waals surface area contributed by atoms with Gasteiger partial charge in [-0.25, -0.2) is 0 Å². The largest absolute Gasteiger partial charge is 0.461 e. The lowest BCUT2D eigenvalue weighted by molar-refractivity contribution is -0.161. The smallest absolute Gasteiger partial charge is 0.323 e. The maximum atomic E-state index is 11.8. The van der Waals surface area contributed by atoms with Crippen molar-refractivity contribution in [3.05, 3.63) is 0 Å². The van der Waals surface area contributed by atoms with Crippen LogP contribution in [0.15, 0.2) is 0 Å². The molecule has 0 aromatic heterocycles. The molecule has 1 aliphatic carbocycles. The highest BCUT2D eigenvalue weighted by atomic mass is 16.6. The van der Waals surface area contributed by atoms with Crippen LogP contribution in [0.1, 0.15) is 53.4 Å². The lowest BCUT2D eigenvalue weighted by atomic mass is 9.94. The topological polar surface area (TPSA) is 105 Å². The van der Waals surface area contributed by atoms with Gasteiger partial charge in [-0.2, -0.15) is 0 Å². The fourth-order valence-electron chi connectivity index (χ4n) is 2.30. The van der Waals surface area contributed by atoms with Crippen LogP contribution in [0, 0.1) is 11.8 Å². The molecular formula is C16H30N2O4. The van der Waals surface area contributed by atoms with E-state index in [0.29, 0.717) is 25.7 Å². The minimum atomic E-state index is -0.584. The van der Waals surface area contributed by atoms with Gasteiger partial charge in [0.05, 0.1) is 0 Å². The molecule has 0 spiro atoms. The van der Waals surface area contributed by atoms with Gasteiger partial charge in [0.2, 0.25) is 0 Å². The Labute approximate surface area is 132 Å². The third-order valence-corrected chi connectivity index (χ3v) is 4.17. The number of carbonyl (C=O) groups excluding carboxylic acids is 2. The Kier molecular flexibility index (Phi) is 7.29. The van der Waals surface area contributed by atoms with Crippen molar-refractivity contribution in [1.29, 1.82) is 0 Å². The van der Waals surface area contributed by atoms with Gasteiger partial charge in [0.25, 0.3) is 0 Å². The number of carbonyl (C=O) groups is 2. The summed E-state index contributed by atoms with van der Waals surface area (Å²) >= 11 is 0. The van der Waals surface area contributed by atoms with Gasteiger partial charge in [-0.05, 0) is 37.5 Å². The highest BCUT2D eigenvalue weighted by molar-refractivity contribution is 5.76. The standard InChI is InChI=1S/C16H30N2O4/c1-9(2)13(17)15(19)21-11-5-7-12(8-6-11)22-16(20)14(18)10(3)4/h9-14H,5-8,17-18H2,1-4H3. The van der Waals surface area contributed by atoms with Crippen molar-refractivity contribution in [3.8, 4) is 0 Å². The van der Waals surface area contributed by atoms with Gasteiger partial charge in [-0.15, -0.1) is 0 Å². The first-order valence-corrected chi connectivity index (χ1v) is 8.14. The lowest BCUT2D eigenvalue weighted by Gasteiger charge is -2.30. The van der Waals surface area contributed by atoms with Crippen molar-refractivity contribution >= 4 is 11.9 Å². The quantitative estimate of drug-likeness (QED) is 0.717. The van der Waals surface area contributed by atoms with Gasteiger partial charge in [0, 0.05) is 0 Å². The number of nitrogens with two attached hydrogens (primary N) is 2. The molecule has 0 radical (unpaired) electrons. The molecule has 4 N–H and O–H groups in total. The summed E-state index contributed by atoms with van der Waals surface area (Å²) in [7, 11) is 0. The van der Waals surface area contributed by atoms with Crippen LogP contribution in [0.4, 0.5) is 0 Å². The summed E-state index contributed by atoms with van der Waals surface area (Å²) in [5, 5.41) is 0. The van der Waals surface area contributed by atoms with Crippen LogP contribution in [0.5, 0.6) is 0 Å². The van der Waals surface area contributed by atoms with Gasteiger partial charge in [-0.3, -0.25) is 9.59 Å². The van der Waals surface area contributed by atoms with Crippen LogP contribution in [-0.4, -0.2) is 36.2 Å². The fraction of sp³-hybridized carbons (Fsp3) is 0.875. The van der Waals surface area contributed by atoms with Gasteiger partial charge < -0.3 is 20.9 Å². The second-order valence-electron chi connectivity index (χ2n) is 6.81. The average Bonchev–Trinajstić information content (AvgIpc) is 2.47. The summed E-state index contributed by atoms with van der Waals surface area (Å²) < 4.78 is 10.8. The maximum absolute atomic E-state index is 11.8. The molecule has 1 fully saturated rings. The second-order valence-corrected chi connectivity index (χ2v) is 6.81. The van der Waals surface area contributed by atoms with Crippen LogP contribution < -0.4 is 11.5 Å². The van der Waals surface area contributed by atoms with E-state index in [4.69, 9.17) is 20.9 Å². The summed E-state index contributed by atoms with van der Waals surface area (Å²) in [6.45, 7) is 7.56. The van der Waals surface area contributed by atoms with Gasteiger partial charge in [-0.1, -0.05) is 27.7 Å². The average molecular weight is 314 g/mol. The number of rotatable bonds is 6. The Morgan fingerprint density at radius 2 is 1.05 bits per heavy atom. The molecule has 0 aliphatic heterocycles. The van der Waals surface area contributed by atoms with E-state index in [0.717, 1.165) is 0 Å². The normalized spacial score (nSPS) is 24.9. The third-order valence-electron chi connectivity index (χ3n) is 4.17. The van der Waals surface area contributed by atoms with Crippen LogP contribution >= 0.6 is 0 Å². The predicted molar refractivity (Wildman–Crippen MR) is 83.9 cm³/mol. The van der Waals surface area contributed by atoms with Crippen LogP contribution in [0.25, 0.3) is 0 Å². The van der Waals surface area contributed by atoms with Crippen molar-refractivity contribution < 1.29 is 19.1 Å². The Bertz CT molecular complexity index is 340. The molecule has 1 rings (SSSR count). The van der Waals surface area contributed by atoms with E-state index in [1.807, 2.05) is 27.7 Å².